The van der Waals surface area contributed by atoms with E-state index in [0.717, 1.165) is 0 Å². The van der Waals surface area contributed by atoms with Crippen molar-refractivity contribution in [1.29, 1.82) is 0 Å². The summed E-state index contributed by atoms with van der Waals surface area (Å²) in [5.74, 6) is 1.59. The van der Waals surface area contributed by atoms with Gasteiger partial charge >= 0.3 is 262 Å². The molecule has 0 saturated heterocycles. The van der Waals surface area contributed by atoms with Crippen LogP contribution >= 0.6 is 0 Å². The molecule has 2 aromatic carbocycles. The van der Waals surface area contributed by atoms with Crippen molar-refractivity contribution in [3.05, 3.63) is 57.6 Å². The van der Waals surface area contributed by atoms with Crippen LogP contribution in [-0.4, -0.2) is 32.5 Å². The van der Waals surface area contributed by atoms with E-state index in [-0.39, 0.29) is 35.8 Å². The van der Waals surface area contributed by atoms with Crippen molar-refractivity contribution in [2.45, 2.75) is 163 Å². The van der Waals surface area contributed by atoms with Crippen LogP contribution in [0.4, 0.5) is 0 Å². The topological polar surface area (TPSA) is 0 Å². The summed E-state index contributed by atoms with van der Waals surface area (Å²) in [6.07, 6.45) is 0. The molecule has 0 saturated carbocycles. The van der Waals surface area contributed by atoms with Gasteiger partial charge in [-0.2, -0.15) is 0 Å². The van der Waals surface area contributed by atoms with Crippen molar-refractivity contribution in [2.24, 2.45) is 0 Å². The Morgan fingerprint density at radius 2 is 0.975 bits per heavy atom. The van der Waals surface area contributed by atoms with Crippen LogP contribution in [-0.2, 0) is 16.2 Å². The van der Waals surface area contributed by atoms with E-state index in [1.807, 2.05) is 0 Å². The van der Waals surface area contributed by atoms with Gasteiger partial charge in [0.1, 0.15) is 0 Å². The molecule has 0 spiro atoms. The molecule has 0 N–H and O–H groups in total. The van der Waals surface area contributed by atoms with Gasteiger partial charge in [0.15, 0.2) is 0 Å². The Kier molecular flexibility index (Phi) is 11.1. The first-order valence-corrected chi connectivity index (χ1v) is 20.6. The van der Waals surface area contributed by atoms with Crippen molar-refractivity contribution in [2.75, 3.05) is 0 Å². The van der Waals surface area contributed by atoms with Crippen molar-refractivity contribution in [3.63, 3.8) is 0 Å². The quantitative estimate of drug-likeness (QED) is 0.279. The van der Waals surface area contributed by atoms with E-state index in [1.165, 1.54) is 11.1 Å². The van der Waals surface area contributed by atoms with Gasteiger partial charge in [0.2, 0.25) is 0 Å². The van der Waals surface area contributed by atoms with Gasteiger partial charge in [-0.15, -0.1) is 0 Å². The van der Waals surface area contributed by atoms with E-state index in [1.54, 1.807) is 31.0 Å². The predicted molar refractivity (Wildman–Crippen MR) is 187 cm³/mol. The average Bonchev–Trinajstić information content (AvgIpc) is 2.75. The first kappa shape index (κ1) is 35.5. The summed E-state index contributed by atoms with van der Waals surface area (Å²) >= 11 is -2.17. The van der Waals surface area contributed by atoms with E-state index in [9.17, 15) is 0 Å². The van der Waals surface area contributed by atoms with Gasteiger partial charge < -0.3 is 0 Å². The number of rotatable bonds is 5. The van der Waals surface area contributed by atoms with Crippen LogP contribution in [0.15, 0.2) is 24.3 Å². The van der Waals surface area contributed by atoms with E-state index >= 15 is 0 Å². The van der Waals surface area contributed by atoms with Crippen LogP contribution in [0.3, 0.4) is 0 Å². The third-order valence-electron chi connectivity index (χ3n) is 8.00. The molecule has 0 bridgehead atoms. The van der Waals surface area contributed by atoms with Gasteiger partial charge in [0, 0.05) is 0 Å². The molecular formula is C38H61AsGe. The normalized spacial score (nSPS) is 13.5. The van der Waals surface area contributed by atoms with Gasteiger partial charge in [-0.3, -0.25) is 0 Å². The van der Waals surface area contributed by atoms with Crippen LogP contribution in [0.5, 0.6) is 0 Å². The Morgan fingerprint density at radius 1 is 0.575 bits per heavy atom. The Labute approximate surface area is 260 Å². The van der Waals surface area contributed by atoms with E-state index in [2.05, 4.69) is 152 Å². The number of hydrogen-bond acceptors (Lipinski definition) is 0. The van der Waals surface area contributed by atoms with E-state index in [4.69, 9.17) is 0 Å². The second-order valence-corrected chi connectivity index (χ2v) is 27.1. The Bertz CT molecular complexity index is 1200. The fourth-order valence-corrected chi connectivity index (χ4v) is 20.5. The molecule has 0 amide bonds. The summed E-state index contributed by atoms with van der Waals surface area (Å²) in [5, 5.41) is 0. The molecule has 0 nitrogen and oxygen atoms in total. The molecule has 2 aromatic rings. The number of hydrogen-bond donors (Lipinski definition) is 0. The molecule has 0 radical (unpaired) electrons. The van der Waals surface area contributed by atoms with Crippen LogP contribution in [0.25, 0.3) is 0 Å². The summed E-state index contributed by atoms with van der Waals surface area (Å²) in [5.41, 5.74) is 9.59. The third-order valence-corrected chi connectivity index (χ3v) is 19.3. The molecule has 0 atom stereocenters. The molecule has 40 heavy (non-hydrogen) atoms. The summed E-state index contributed by atoms with van der Waals surface area (Å²) in [4.78, 5) is 0. The molecule has 0 unspecified atom stereocenters. The first-order chi connectivity index (χ1) is 17.9. The van der Waals surface area contributed by atoms with Gasteiger partial charge in [-0.05, 0) is 0 Å². The van der Waals surface area contributed by atoms with Gasteiger partial charge in [-0.1, -0.05) is 0 Å². The molecule has 2 rings (SSSR count). The van der Waals surface area contributed by atoms with Crippen LogP contribution < -0.4 is 8.75 Å². The molecular weight excluding hydrogens is 604 g/mol. The van der Waals surface area contributed by atoms with E-state index < -0.39 is 13.9 Å². The van der Waals surface area contributed by atoms with Crippen LogP contribution in [0.2, 0.25) is 4.25 Å². The number of benzene rings is 2. The zero-order valence-corrected chi connectivity index (χ0v) is 33.5. The molecule has 222 valence electrons. The molecule has 0 fully saturated rings. The average molecular weight is 665 g/mol. The Morgan fingerprint density at radius 3 is 1.25 bits per heavy atom. The SMILES string of the molecule is CC(C)c1cc(C(C)C)[c]([Ge](=[C]=[As]c2c(C(C)(C)C)cc(C(C)(C)C)cc2C(C)(C)C)[C](C)(C)C)c(C(C)C)c1. The van der Waals surface area contributed by atoms with Crippen molar-refractivity contribution >= 4 is 41.2 Å². The Balaban J connectivity index is 3.20. The minimum atomic E-state index is -1.97. The second-order valence-electron chi connectivity index (χ2n) is 17.1. The third kappa shape index (κ3) is 8.45. The second kappa shape index (κ2) is 12.5. The predicted octanol–water partition coefficient (Wildman–Crippen LogP) is 9.70. The molecule has 0 aliphatic rings. The molecule has 2 heteroatoms. The van der Waals surface area contributed by atoms with Gasteiger partial charge in [0.05, 0.1) is 0 Å². The van der Waals surface area contributed by atoms with Crippen molar-refractivity contribution in [3.8, 4) is 0 Å². The molecule has 0 aliphatic heterocycles. The van der Waals surface area contributed by atoms with Crippen molar-refractivity contribution < 1.29 is 0 Å². The van der Waals surface area contributed by atoms with E-state index in [0.29, 0.717) is 17.8 Å². The summed E-state index contributed by atoms with van der Waals surface area (Å²) in [7, 11) is 0. The standard InChI is InChI=1S/C38H61AsGe/c1-24(2)27-19-29(25(3)4)34(30(20-27)26(5)6)40(38(16,17)18)23-39-33-31(36(10,11)12)21-28(35(7,8)9)22-32(33)37(13,14)15/h19-22,24-26H,1-18H3. The summed E-state index contributed by atoms with van der Waals surface area (Å²) < 4.78 is 8.06. The maximum atomic E-state index is 4.48. The van der Waals surface area contributed by atoms with Crippen LogP contribution in [0, 0.1) is 0 Å². The fourth-order valence-electron chi connectivity index (χ4n) is 5.29. The molecule has 0 aliphatic carbocycles. The maximum absolute atomic E-state index is 4.48. The van der Waals surface area contributed by atoms with Gasteiger partial charge in [0.25, 0.3) is 0 Å². The minimum absolute atomic E-state index is 0.0981. The molecule has 0 aromatic heterocycles. The monoisotopic (exact) mass is 666 g/mol. The first-order valence-electron chi connectivity index (χ1n) is 15.6. The zero-order chi connectivity index (χ0) is 31.2. The summed E-state index contributed by atoms with van der Waals surface area (Å²) in [6.45, 7) is 43.3. The molecule has 0 heterocycles. The van der Waals surface area contributed by atoms with Gasteiger partial charge in [-0.25, -0.2) is 0 Å². The fraction of sp³-hybridized carbons (Fsp3) is 0.658. The zero-order valence-electron chi connectivity index (χ0n) is 29.5. The van der Waals surface area contributed by atoms with Crippen LogP contribution in [0.1, 0.15) is 176 Å². The summed E-state index contributed by atoms with van der Waals surface area (Å²) in [6, 6.07) is 10.2. The Hall–Kier alpha value is -0.679. The van der Waals surface area contributed by atoms with Crippen molar-refractivity contribution in [1.82, 2.24) is 0 Å².